The summed E-state index contributed by atoms with van der Waals surface area (Å²) in [5.41, 5.74) is 0.414. The van der Waals surface area contributed by atoms with Crippen molar-refractivity contribution in [1.29, 1.82) is 0 Å². The van der Waals surface area contributed by atoms with Crippen LogP contribution in [-0.2, 0) is 9.59 Å². The highest BCUT2D eigenvalue weighted by Crippen LogP contribution is 2.29. The number of nitrogens with zero attached hydrogens (tertiary/aromatic N) is 1. The fourth-order valence-electron chi connectivity index (χ4n) is 3.56. The van der Waals surface area contributed by atoms with E-state index in [9.17, 15) is 19.5 Å². The Morgan fingerprint density at radius 2 is 1.85 bits per heavy atom. The quantitative estimate of drug-likeness (QED) is 0.797. The lowest BCUT2D eigenvalue weighted by Crippen LogP contribution is -2.54. The van der Waals surface area contributed by atoms with Crippen molar-refractivity contribution in [2.75, 3.05) is 7.11 Å². The van der Waals surface area contributed by atoms with Crippen molar-refractivity contribution in [3.8, 4) is 5.75 Å². The van der Waals surface area contributed by atoms with Gasteiger partial charge in [0.15, 0.2) is 0 Å². The zero-order chi connectivity index (χ0) is 18.7. The van der Waals surface area contributed by atoms with E-state index >= 15 is 0 Å². The van der Waals surface area contributed by atoms with Crippen LogP contribution in [0.2, 0.25) is 0 Å². The molecule has 1 aromatic rings. The number of benzene rings is 1. The van der Waals surface area contributed by atoms with Gasteiger partial charge in [-0.25, -0.2) is 4.79 Å². The van der Waals surface area contributed by atoms with E-state index in [4.69, 9.17) is 4.74 Å². The van der Waals surface area contributed by atoms with Gasteiger partial charge in [0.25, 0.3) is 5.91 Å². The zero-order valence-electron chi connectivity index (χ0n) is 14.6. The number of carbonyl (C=O) groups is 3. The second kappa shape index (κ2) is 7.59. The average Bonchev–Trinajstić information content (AvgIpc) is 3.06. The first-order valence-electron chi connectivity index (χ1n) is 8.66. The Kier molecular flexibility index (Phi) is 5.25. The molecule has 3 atom stereocenters. The maximum atomic E-state index is 13.0. The molecular formula is C19H22N2O5. The molecule has 0 radical (unpaired) electrons. The molecule has 0 bridgehead atoms. The van der Waals surface area contributed by atoms with Crippen LogP contribution in [0.1, 0.15) is 36.0 Å². The summed E-state index contributed by atoms with van der Waals surface area (Å²) in [4.78, 5) is 38.4. The Morgan fingerprint density at radius 3 is 2.50 bits per heavy atom. The third kappa shape index (κ3) is 3.56. The molecule has 0 saturated carbocycles. The third-order valence-corrected chi connectivity index (χ3v) is 4.94. The van der Waals surface area contributed by atoms with Gasteiger partial charge in [-0.15, -0.1) is 0 Å². The summed E-state index contributed by atoms with van der Waals surface area (Å²) >= 11 is 0. The highest BCUT2D eigenvalue weighted by Gasteiger charge is 2.43. The van der Waals surface area contributed by atoms with Gasteiger partial charge >= 0.3 is 5.97 Å². The van der Waals surface area contributed by atoms with Crippen molar-refractivity contribution >= 4 is 17.8 Å². The Morgan fingerprint density at radius 1 is 1.15 bits per heavy atom. The minimum Gasteiger partial charge on any atom is -0.497 e. The van der Waals surface area contributed by atoms with Gasteiger partial charge < -0.3 is 20.1 Å². The fraction of sp³-hybridized carbons (Fsp3) is 0.421. The van der Waals surface area contributed by atoms with E-state index in [2.05, 4.69) is 5.32 Å². The van der Waals surface area contributed by atoms with Gasteiger partial charge in [-0.2, -0.15) is 0 Å². The van der Waals surface area contributed by atoms with Gasteiger partial charge in [-0.3, -0.25) is 9.59 Å². The molecule has 0 spiro atoms. The number of hydrogen-bond acceptors (Lipinski definition) is 4. The van der Waals surface area contributed by atoms with Crippen molar-refractivity contribution in [2.45, 2.75) is 43.8 Å². The number of carboxylic acid groups (broad SMARTS) is 1. The summed E-state index contributed by atoms with van der Waals surface area (Å²) in [5, 5.41) is 12.2. The number of methoxy groups -OCH3 is 1. The Labute approximate surface area is 151 Å². The van der Waals surface area contributed by atoms with Gasteiger partial charge in [0, 0.05) is 11.6 Å². The van der Waals surface area contributed by atoms with Crippen LogP contribution in [0.25, 0.3) is 0 Å². The lowest BCUT2D eigenvalue weighted by Gasteiger charge is -2.32. The molecule has 2 N–H and O–H groups in total. The molecule has 2 aliphatic rings. The summed E-state index contributed by atoms with van der Waals surface area (Å²) in [6, 6.07) is 4.87. The molecule has 138 valence electrons. The smallest absolute Gasteiger partial charge is 0.326 e. The number of carboxylic acids is 1. The number of fused-ring (bicyclic) bond motifs is 1. The van der Waals surface area contributed by atoms with Crippen LogP contribution in [0.3, 0.4) is 0 Å². The maximum Gasteiger partial charge on any atom is 0.326 e. The molecule has 2 aliphatic heterocycles. The van der Waals surface area contributed by atoms with Crippen LogP contribution in [0.5, 0.6) is 5.75 Å². The summed E-state index contributed by atoms with van der Waals surface area (Å²) in [6.45, 7) is 0. The maximum absolute atomic E-state index is 13.0. The minimum absolute atomic E-state index is 0.125. The van der Waals surface area contributed by atoms with E-state index in [1.54, 1.807) is 31.4 Å². The molecule has 2 heterocycles. The molecular weight excluding hydrogens is 336 g/mol. The van der Waals surface area contributed by atoms with Crippen molar-refractivity contribution in [3.63, 3.8) is 0 Å². The van der Waals surface area contributed by atoms with Gasteiger partial charge in [0.05, 0.1) is 7.11 Å². The highest BCUT2D eigenvalue weighted by molar-refractivity contribution is 5.98. The second-order valence-electron chi connectivity index (χ2n) is 6.53. The standard InChI is InChI=1S/C19H22N2O5/c1-26-14-9-6-12(7-10-14)17(22)20-15-5-3-2-4-13-8-11-16(19(24)25)21(13)18(15)23/h2-3,6-7,9-10,13,15-16H,4-5,8,11H2,1H3,(H,20,22)(H,24,25)/b3-2-/t13-,15+,16+/m1/s1. The van der Waals surface area contributed by atoms with Crippen molar-refractivity contribution in [1.82, 2.24) is 10.2 Å². The van der Waals surface area contributed by atoms with Gasteiger partial charge in [-0.1, -0.05) is 12.2 Å². The first kappa shape index (κ1) is 18.0. The molecule has 2 amide bonds. The van der Waals surface area contributed by atoms with E-state index in [1.807, 2.05) is 12.2 Å². The summed E-state index contributed by atoms with van der Waals surface area (Å²) < 4.78 is 5.07. The Bertz CT molecular complexity index is 728. The topological polar surface area (TPSA) is 95.9 Å². The van der Waals surface area contributed by atoms with E-state index in [0.29, 0.717) is 37.0 Å². The summed E-state index contributed by atoms with van der Waals surface area (Å²) in [5.74, 6) is -1.06. The lowest BCUT2D eigenvalue weighted by atomic mass is 10.0. The van der Waals surface area contributed by atoms with E-state index in [1.165, 1.54) is 4.90 Å². The molecule has 1 fully saturated rings. The minimum atomic E-state index is -0.995. The molecule has 7 heteroatoms. The lowest BCUT2D eigenvalue weighted by molar-refractivity contribution is -0.150. The number of nitrogens with one attached hydrogen (secondary N) is 1. The van der Waals surface area contributed by atoms with Crippen LogP contribution in [0.4, 0.5) is 0 Å². The molecule has 0 aliphatic carbocycles. The second-order valence-corrected chi connectivity index (χ2v) is 6.53. The van der Waals surface area contributed by atoms with E-state index in [-0.39, 0.29) is 17.9 Å². The first-order chi connectivity index (χ1) is 12.5. The highest BCUT2D eigenvalue weighted by atomic mass is 16.5. The average molecular weight is 358 g/mol. The number of hydrogen-bond donors (Lipinski definition) is 2. The summed E-state index contributed by atoms with van der Waals surface area (Å²) in [7, 11) is 1.54. The van der Waals surface area contributed by atoms with E-state index < -0.39 is 18.1 Å². The van der Waals surface area contributed by atoms with Crippen LogP contribution in [-0.4, -0.2) is 53.0 Å². The van der Waals surface area contributed by atoms with Crippen LogP contribution in [0, 0.1) is 0 Å². The van der Waals surface area contributed by atoms with Crippen LogP contribution < -0.4 is 10.1 Å². The number of ether oxygens (including phenoxy) is 1. The van der Waals surface area contributed by atoms with Gasteiger partial charge in [0.1, 0.15) is 17.8 Å². The molecule has 7 nitrogen and oxygen atoms in total. The van der Waals surface area contributed by atoms with Crippen molar-refractivity contribution < 1.29 is 24.2 Å². The van der Waals surface area contributed by atoms with Crippen LogP contribution >= 0.6 is 0 Å². The first-order valence-corrected chi connectivity index (χ1v) is 8.66. The molecule has 1 saturated heterocycles. The molecule has 26 heavy (non-hydrogen) atoms. The van der Waals surface area contributed by atoms with Crippen molar-refractivity contribution in [3.05, 3.63) is 42.0 Å². The zero-order valence-corrected chi connectivity index (χ0v) is 14.6. The van der Waals surface area contributed by atoms with Crippen LogP contribution in [0.15, 0.2) is 36.4 Å². The number of rotatable bonds is 4. The Balaban J connectivity index is 1.78. The Hall–Kier alpha value is -2.83. The molecule has 1 aromatic carbocycles. The number of carbonyl (C=O) groups excluding carboxylic acids is 2. The predicted octanol–water partition coefficient (Wildman–Crippen LogP) is 1.59. The largest absolute Gasteiger partial charge is 0.497 e. The monoisotopic (exact) mass is 358 g/mol. The van der Waals surface area contributed by atoms with E-state index in [0.717, 1.165) is 0 Å². The normalized spacial score (nSPS) is 26.4. The predicted molar refractivity (Wildman–Crippen MR) is 93.9 cm³/mol. The molecule has 3 rings (SSSR count). The number of aliphatic carboxylic acids is 1. The molecule has 0 unspecified atom stereocenters. The third-order valence-electron chi connectivity index (χ3n) is 4.94. The van der Waals surface area contributed by atoms with Gasteiger partial charge in [0.2, 0.25) is 5.91 Å². The fourth-order valence-corrected chi connectivity index (χ4v) is 3.56. The van der Waals surface area contributed by atoms with Crippen molar-refractivity contribution in [2.24, 2.45) is 0 Å². The molecule has 0 aromatic heterocycles. The van der Waals surface area contributed by atoms with Gasteiger partial charge in [-0.05, 0) is 49.9 Å². The number of amides is 2. The summed E-state index contributed by atoms with van der Waals surface area (Å²) in [6.07, 6.45) is 5.93. The SMILES string of the molecule is COc1ccc(C(=O)N[C@H]2C/C=C\C[C@@H]3CC[C@@H](C(=O)O)N3C2=O)cc1.